The Labute approximate surface area is 137 Å². The summed E-state index contributed by atoms with van der Waals surface area (Å²) in [4.78, 5) is 0. The average molecular weight is 358 g/mol. The number of nitriles is 1. The first kappa shape index (κ1) is 14.8. The Balaban J connectivity index is 2.31. The van der Waals surface area contributed by atoms with E-state index in [0.717, 1.165) is 32.3 Å². The highest BCUT2D eigenvalue weighted by Gasteiger charge is 2.21. The predicted octanol–water partition coefficient (Wildman–Crippen LogP) is 5.22. The van der Waals surface area contributed by atoms with E-state index < -0.39 is 0 Å². The van der Waals surface area contributed by atoms with Gasteiger partial charge in [0.2, 0.25) is 0 Å². The first-order chi connectivity index (χ1) is 10.6. The smallest absolute Gasteiger partial charge is 0.130 e. The van der Waals surface area contributed by atoms with Crippen LogP contribution in [0, 0.1) is 17.1 Å². The van der Waals surface area contributed by atoms with Gasteiger partial charge in [0.15, 0.2) is 0 Å². The lowest BCUT2D eigenvalue weighted by atomic mass is 9.90. The number of hydrogen-bond donors (Lipinski definition) is 0. The van der Waals surface area contributed by atoms with E-state index in [2.05, 4.69) is 22.0 Å². The Morgan fingerprint density at radius 1 is 1.27 bits per heavy atom. The molecule has 2 aromatic carbocycles. The second kappa shape index (κ2) is 5.94. The molecule has 0 spiro atoms. The van der Waals surface area contributed by atoms with Crippen molar-refractivity contribution in [3.63, 3.8) is 0 Å². The minimum Gasteiger partial charge on any atom is -0.488 e. The Kier molecular flexibility index (Phi) is 4.00. The van der Waals surface area contributed by atoms with E-state index >= 15 is 0 Å². The van der Waals surface area contributed by atoms with Crippen molar-refractivity contribution in [1.29, 1.82) is 5.26 Å². The minimum absolute atomic E-state index is 0.321. The van der Waals surface area contributed by atoms with Gasteiger partial charge in [-0.15, -0.1) is 0 Å². The predicted molar refractivity (Wildman–Crippen MR) is 86.8 cm³/mol. The zero-order valence-electron chi connectivity index (χ0n) is 12.0. The molecule has 1 aliphatic rings. The highest BCUT2D eigenvalue weighted by Crippen LogP contribution is 2.40. The number of rotatable bonds is 1. The quantitative estimate of drug-likeness (QED) is 0.701. The van der Waals surface area contributed by atoms with Crippen LogP contribution in [0.15, 0.2) is 46.4 Å². The largest absolute Gasteiger partial charge is 0.488 e. The molecular formula is C18H13BrFNO. The molecule has 0 atom stereocenters. The van der Waals surface area contributed by atoms with Crippen molar-refractivity contribution in [3.8, 4) is 11.8 Å². The van der Waals surface area contributed by atoms with E-state index in [-0.39, 0.29) is 5.82 Å². The van der Waals surface area contributed by atoms with E-state index in [9.17, 15) is 4.39 Å². The lowest BCUT2D eigenvalue weighted by Crippen LogP contribution is -1.96. The van der Waals surface area contributed by atoms with E-state index in [1.165, 1.54) is 12.1 Å². The molecule has 0 amide bonds. The van der Waals surface area contributed by atoms with Crippen LogP contribution in [0.4, 0.5) is 4.39 Å². The number of allylic oxidation sites excluding steroid dienone is 1. The molecule has 2 aromatic rings. The Morgan fingerprint density at radius 3 is 2.82 bits per heavy atom. The molecule has 0 aromatic heterocycles. The molecule has 1 heterocycles. The summed E-state index contributed by atoms with van der Waals surface area (Å²) in [6.07, 6.45) is 0.321. The fraction of sp³-hybridized carbons (Fsp3) is 0.167. The van der Waals surface area contributed by atoms with Crippen molar-refractivity contribution < 1.29 is 9.13 Å². The molecule has 0 fully saturated rings. The number of ether oxygens (including phenoxy) is 1. The van der Waals surface area contributed by atoms with Crippen molar-refractivity contribution >= 4 is 21.5 Å². The van der Waals surface area contributed by atoms with Crippen LogP contribution in [-0.2, 0) is 6.61 Å². The summed E-state index contributed by atoms with van der Waals surface area (Å²) < 4.78 is 20.3. The molecular weight excluding hydrogens is 345 g/mol. The van der Waals surface area contributed by atoms with Crippen LogP contribution in [-0.4, -0.2) is 0 Å². The topological polar surface area (TPSA) is 33.0 Å². The van der Waals surface area contributed by atoms with Gasteiger partial charge in [0.1, 0.15) is 18.2 Å². The summed E-state index contributed by atoms with van der Waals surface area (Å²) in [6.45, 7) is 2.30. The summed E-state index contributed by atoms with van der Waals surface area (Å²) in [7, 11) is 0. The van der Waals surface area contributed by atoms with Gasteiger partial charge in [-0.25, -0.2) is 4.39 Å². The summed E-state index contributed by atoms with van der Waals surface area (Å²) in [6, 6.07) is 12.7. The van der Waals surface area contributed by atoms with Gasteiger partial charge in [-0.2, -0.15) is 5.26 Å². The summed E-state index contributed by atoms with van der Waals surface area (Å²) in [5.74, 6) is 0.183. The molecule has 2 nitrogen and oxygen atoms in total. The van der Waals surface area contributed by atoms with Crippen LogP contribution in [0.5, 0.6) is 5.75 Å². The molecule has 0 saturated heterocycles. The lowest BCUT2D eigenvalue weighted by Gasteiger charge is -2.13. The van der Waals surface area contributed by atoms with Gasteiger partial charge in [-0.1, -0.05) is 27.6 Å². The fourth-order valence-electron chi connectivity index (χ4n) is 2.72. The van der Waals surface area contributed by atoms with E-state index in [1.54, 1.807) is 6.07 Å². The van der Waals surface area contributed by atoms with E-state index in [0.29, 0.717) is 18.8 Å². The lowest BCUT2D eigenvalue weighted by molar-refractivity contribution is 0.305. The Morgan fingerprint density at radius 2 is 2.05 bits per heavy atom. The first-order valence-electron chi connectivity index (χ1n) is 6.88. The van der Waals surface area contributed by atoms with Gasteiger partial charge in [-0.05, 0) is 47.9 Å². The number of halogens is 2. The third-order valence-corrected chi connectivity index (χ3v) is 4.20. The van der Waals surface area contributed by atoms with Gasteiger partial charge in [0.05, 0.1) is 12.5 Å². The Bertz CT molecular complexity index is 765. The van der Waals surface area contributed by atoms with Gasteiger partial charge >= 0.3 is 0 Å². The summed E-state index contributed by atoms with van der Waals surface area (Å²) in [5.41, 5.74) is 4.77. The van der Waals surface area contributed by atoms with Crippen LogP contribution in [0.25, 0.3) is 5.57 Å². The van der Waals surface area contributed by atoms with Crippen molar-refractivity contribution in [1.82, 2.24) is 0 Å². The SMILES string of the molecule is C/C(CC#N)=C1/c2ccc(Br)cc2COc2cc(F)ccc21. The average Bonchev–Trinajstić information content (AvgIpc) is 2.64. The van der Waals surface area contributed by atoms with Gasteiger partial charge < -0.3 is 4.74 Å². The molecule has 4 heteroatoms. The van der Waals surface area contributed by atoms with Crippen LogP contribution >= 0.6 is 15.9 Å². The molecule has 0 bridgehead atoms. The second-order valence-electron chi connectivity index (χ2n) is 5.22. The number of fused-ring (bicyclic) bond motifs is 2. The van der Waals surface area contributed by atoms with Crippen LogP contribution < -0.4 is 4.74 Å². The standard InChI is InChI=1S/C18H13BrFNO/c1-11(6-7-21)18-15-4-2-13(19)8-12(15)10-22-17-9-14(20)3-5-16(17)18/h2-5,8-9H,6,10H2,1H3/b18-11+. The van der Waals surface area contributed by atoms with Crippen LogP contribution in [0.3, 0.4) is 0 Å². The highest BCUT2D eigenvalue weighted by molar-refractivity contribution is 9.10. The van der Waals surface area contributed by atoms with Crippen molar-refractivity contribution in [2.45, 2.75) is 20.0 Å². The monoisotopic (exact) mass is 357 g/mol. The van der Waals surface area contributed by atoms with Gasteiger partial charge in [0, 0.05) is 16.1 Å². The number of hydrogen-bond acceptors (Lipinski definition) is 2. The van der Waals surface area contributed by atoms with E-state index in [1.807, 2.05) is 25.1 Å². The Hall–Kier alpha value is -2.12. The third kappa shape index (κ3) is 2.65. The van der Waals surface area contributed by atoms with Gasteiger partial charge in [0.25, 0.3) is 0 Å². The van der Waals surface area contributed by atoms with Crippen molar-refractivity contribution in [2.75, 3.05) is 0 Å². The maximum atomic E-state index is 13.5. The minimum atomic E-state index is -0.330. The molecule has 22 heavy (non-hydrogen) atoms. The first-order valence-corrected chi connectivity index (χ1v) is 7.67. The number of nitrogens with zero attached hydrogens (tertiary/aromatic N) is 1. The maximum Gasteiger partial charge on any atom is 0.130 e. The summed E-state index contributed by atoms with van der Waals surface area (Å²) in [5, 5.41) is 9.04. The molecule has 3 rings (SSSR count). The molecule has 0 radical (unpaired) electrons. The van der Waals surface area contributed by atoms with Crippen molar-refractivity contribution in [2.24, 2.45) is 0 Å². The summed E-state index contributed by atoms with van der Waals surface area (Å²) >= 11 is 3.47. The molecule has 110 valence electrons. The second-order valence-corrected chi connectivity index (χ2v) is 6.14. The van der Waals surface area contributed by atoms with Gasteiger partial charge in [-0.3, -0.25) is 0 Å². The van der Waals surface area contributed by atoms with Crippen molar-refractivity contribution in [3.05, 3.63) is 69.0 Å². The maximum absolute atomic E-state index is 13.5. The number of benzene rings is 2. The molecule has 0 aliphatic carbocycles. The van der Waals surface area contributed by atoms with E-state index in [4.69, 9.17) is 10.00 Å². The molecule has 0 unspecified atom stereocenters. The van der Waals surface area contributed by atoms with Crippen LogP contribution in [0.1, 0.15) is 30.0 Å². The molecule has 1 aliphatic heterocycles. The fourth-order valence-corrected chi connectivity index (χ4v) is 3.12. The van der Waals surface area contributed by atoms with Crippen LogP contribution in [0.2, 0.25) is 0 Å². The zero-order chi connectivity index (χ0) is 15.7. The molecule has 0 saturated carbocycles. The third-order valence-electron chi connectivity index (χ3n) is 3.70. The highest BCUT2D eigenvalue weighted by atomic mass is 79.9. The normalized spacial score (nSPS) is 15.0. The molecule has 0 N–H and O–H groups in total. The zero-order valence-corrected chi connectivity index (χ0v) is 13.6.